The first-order chi connectivity index (χ1) is 18.3. The molecule has 4 unspecified atom stereocenters. The molecule has 11 heteroatoms. The second-order valence-corrected chi connectivity index (χ2v) is 12.3. The van der Waals surface area contributed by atoms with Crippen LogP contribution < -0.4 is 25.3 Å². The van der Waals surface area contributed by atoms with E-state index in [4.69, 9.17) is 36.3 Å². The van der Waals surface area contributed by atoms with Gasteiger partial charge < -0.3 is 40.0 Å². The average molecular weight is 568 g/mol. The van der Waals surface area contributed by atoms with Gasteiger partial charge in [-0.3, -0.25) is 4.79 Å². The third kappa shape index (κ3) is 5.05. The van der Waals surface area contributed by atoms with Gasteiger partial charge in [0.15, 0.2) is 5.75 Å². The van der Waals surface area contributed by atoms with E-state index in [1.165, 1.54) is 14.2 Å². The second-order valence-electron chi connectivity index (χ2n) is 12.0. The molecule has 6 atom stereocenters. The topological polar surface area (TPSA) is 133 Å². The van der Waals surface area contributed by atoms with Crippen molar-refractivity contribution in [1.82, 2.24) is 10.2 Å². The van der Waals surface area contributed by atoms with E-state index >= 15 is 0 Å². The van der Waals surface area contributed by atoms with Crippen molar-refractivity contribution in [3.63, 3.8) is 0 Å². The van der Waals surface area contributed by atoms with Gasteiger partial charge in [-0.2, -0.15) is 0 Å². The maximum Gasteiger partial charge on any atom is 0.410 e. The van der Waals surface area contributed by atoms with Crippen LogP contribution in [0.15, 0.2) is 6.07 Å². The van der Waals surface area contributed by atoms with Crippen molar-refractivity contribution in [3.05, 3.63) is 16.7 Å². The van der Waals surface area contributed by atoms with Crippen molar-refractivity contribution in [3.8, 4) is 17.2 Å². The van der Waals surface area contributed by atoms with E-state index in [2.05, 4.69) is 5.32 Å². The number of methoxy groups -OCH3 is 2. The fourth-order valence-electron chi connectivity index (χ4n) is 6.66. The van der Waals surface area contributed by atoms with Crippen LogP contribution in [0.4, 0.5) is 4.79 Å². The summed E-state index contributed by atoms with van der Waals surface area (Å²) in [5.41, 5.74) is 4.77. The molecule has 4 rings (SSSR count). The normalized spacial score (nSPS) is 30.1. The number of nitrogens with zero attached hydrogens (tertiary/aromatic N) is 1. The van der Waals surface area contributed by atoms with Gasteiger partial charge in [0.1, 0.15) is 33.8 Å². The van der Waals surface area contributed by atoms with Crippen LogP contribution in [0.1, 0.15) is 57.3 Å². The minimum Gasteiger partial charge on any atom is -0.496 e. The predicted molar refractivity (Wildman–Crippen MR) is 147 cm³/mol. The molecule has 3 aliphatic rings. The number of ketones is 1. The summed E-state index contributed by atoms with van der Waals surface area (Å²) in [4.78, 5) is 28.4. The molecule has 1 aromatic rings. The van der Waals surface area contributed by atoms with E-state index in [0.717, 1.165) is 0 Å². The number of carbonyl (C=O) groups is 2. The summed E-state index contributed by atoms with van der Waals surface area (Å²) in [5, 5.41) is 15.6. The number of nitrogens with one attached hydrogen (secondary N) is 1. The van der Waals surface area contributed by atoms with Crippen molar-refractivity contribution < 1.29 is 33.6 Å². The number of ether oxygens (including phenoxy) is 4. The largest absolute Gasteiger partial charge is 0.496 e. The Balaban J connectivity index is 1.61. The number of likely N-dealkylation sites (tertiary alicyclic amines) is 1. The summed E-state index contributed by atoms with van der Waals surface area (Å²) >= 11 is 6.58. The van der Waals surface area contributed by atoms with Gasteiger partial charge in [-0.15, -0.1) is 0 Å². The van der Waals surface area contributed by atoms with E-state index in [0.29, 0.717) is 38.1 Å². The summed E-state index contributed by atoms with van der Waals surface area (Å²) < 4.78 is 22.8. The average Bonchev–Trinajstić information content (AvgIpc) is 3.19. The number of aliphatic hydroxyl groups is 1. The molecule has 1 aliphatic carbocycles. The van der Waals surface area contributed by atoms with E-state index in [1.807, 2.05) is 34.7 Å². The van der Waals surface area contributed by atoms with Gasteiger partial charge in [0, 0.05) is 43.1 Å². The molecular formula is C28H42ClN3O7. The molecule has 2 fully saturated rings. The Bertz CT molecular complexity index is 1100. The van der Waals surface area contributed by atoms with Crippen LogP contribution in [0.3, 0.4) is 0 Å². The molecular weight excluding hydrogens is 526 g/mol. The van der Waals surface area contributed by atoms with Gasteiger partial charge in [0.2, 0.25) is 11.4 Å². The van der Waals surface area contributed by atoms with E-state index in [1.54, 1.807) is 11.0 Å². The first-order valence-electron chi connectivity index (χ1n) is 13.6. The van der Waals surface area contributed by atoms with Gasteiger partial charge in [0.05, 0.1) is 14.2 Å². The van der Waals surface area contributed by atoms with E-state index in [-0.39, 0.29) is 52.0 Å². The number of fused-ring (bicyclic) bond motifs is 1. The zero-order valence-electron chi connectivity index (χ0n) is 23.9. The van der Waals surface area contributed by atoms with Crippen molar-refractivity contribution in [2.24, 2.45) is 23.5 Å². The minimum absolute atomic E-state index is 0.113. The number of nitrogens with two attached hydrogens (primary N) is 1. The monoisotopic (exact) mass is 567 g/mol. The summed E-state index contributed by atoms with van der Waals surface area (Å²) in [6.45, 7) is 8.48. The minimum atomic E-state index is -1.57. The molecule has 1 spiro atoms. The lowest BCUT2D eigenvalue weighted by Gasteiger charge is -2.52. The fourth-order valence-corrected chi connectivity index (χ4v) is 6.93. The Labute approximate surface area is 235 Å². The summed E-state index contributed by atoms with van der Waals surface area (Å²) in [7, 11) is 4.77. The number of benzene rings is 1. The third-order valence-electron chi connectivity index (χ3n) is 8.55. The zero-order chi connectivity index (χ0) is 28.9. The molecule has 1 aromatic carbocycles. The van der Waals surface area contributed by atoms with Gasteiger partial charge in [-0.05, 0) is 53.0 Å². The highest BCUT2D eigenvalue weighted by Gasteiger charge is 2.65. The second kappa shape index (κ2) is 11.0. The first-order valence-corrected chi connectivity index (χ1v) is 14.0. The lowest BCUT2D eigenvalue weighted by molar-refractivity contribution is -0.122. The fraction of sp³-hybridized carbons (Fsp3) is 0.714. The Kier molecular flexibility index (Phi) is 8.34. The smallest absolute Gasteiger partial charge is 0.410 e. The summed E-state index contributed by atoms with van der Waals surface area (Å²) in [5.74, 6) is -0.394. The molecule has 2 aliphatic heterocycles. The van der Waals surface area contributed by atoms with Crippen LogP contribution in [-0.2, 0) is 4.74 Å². The maximum absolute atomic E-state index is 14.1. The van der Waals surface area contributed by atoms with Crippen LogP contribution in [0.25, 0.3) is 0 Å². The van der Waals surface area contributed by atoms with Crippen LogP contribution in [-0.4, -0.2) is 85.6 Å². The Morgan fingerprint density at radius 2 is 1.87 bits per heavy atom. The number of rotatable bonds is 5. The van der Waals surface area contributed by atoms with Gasteiger partial charge in [0.25, 0.3) is 0 Å². The highest BCUT2D eigenvalue weighted by molar-refractivity contribution is 6.35. The Hall–Kier alpha value is -2.27. The number of piperidine rings is 1. The molecule has 0 aromatic heterocycles. The van der Waals surface area contributed by atoms with Crippen LogP contribution in [0.2, 0.25) is 5.02 Å². The molecule has 218 valence electrons. The number of hydrogen-bond acceptors (Lipinski definition) is 9. The quantitative estimate of drug-likeness (QED) is 0.490. The predicted octanol–water partition coefficient (Wildman–Crippen LogP) is 3.25. The Morgan fingerprint density at radius 1 is 1.26 bits per heavy atom. The number of Topliss-reactive ketones (excluding diaryl/α,β-unsaturated/α-hetero) is 1. The lowest BCUT2D eigenvalue weighted by Crippen LogP contribution is -2.69. The van der Waals surface area contributed by atoms with Crippen LogP contribution in [0.5, 0.6) is 17.2 Å². The zero-order valence-corrected chi connectivity index (χ0v) is 24.6. The lowest BCUT2D eigenvalue weighted by atomic mass is 9.61. The van der Waals surface area contributed by atoms with E-state index < -0.39 is 29.1 Å². The SMILES string of the molecule is CNC(C1CCN(C(=O)OC(C)(C)C)CC1)C1C(N)C[C@@H](C)[C@]2(Oc3c(Cl)c(OC)cc(OC)c3C2=O)C1O. The summed E-state index contributed by atoms with van der Waals surface area (Å²) in [6.07, 6.45) is 0.329. The molecule has 2 heterocycles. The van der Waals surface area contributed by atoms with Crippen molar-refractivity contribution in [2.75, 3.05) is 34.4 Å². The highest BCUT2D eigenvalue weighted by Crippen LogP contribution is 2.55. The molecule has 1 amide bonds. The maximum atomic E-state index is 14.1. The van der Waals surface area contributed by atoms with Gasteiger partial charge >= 0.3 is 6.09 Å². The number of aliphatic hydroxyl groups excluding tert-OH is 1. The molecule has 4 N–H and O–H groups in total. The van der Waals surface area contributed by atoms with Crippen molar-refractivity contribution in [2.45, 2.75) is 76.3 Å². The number of hydrogen-bond donors (Lipinski definition) is 3. The van der Waals surface area contributed by atoms with Gasteiger partial charge in [-0.1, -0.05) is 18.5 Å². The molecule has 1 saturated heterocycles. The molecule has 0 bridgehead atoms. The molecule has 1 saturated carbocycles. The number of halogens is 1. The highest BCUT2D eigenvalue weighted by atomic mass is 35.5. The third-order valence-corrected chi connectivity index (χ3v) is 8.91. The van der Waals surface area contributed by atoms with Gasteiger partial charge in [-0.25, -0.2) is 4.79 Å². The summed E-state index contributed by atoms with van der Waals surface area (Å²) in [6, 6.07) is 0.959. The first kappa shape index (κ1) is 29.7. The van der Waals surface area contributed by atoms with Crippen molar-refractivity contribution in [1.29, 1.82) is 0 Å². The number of carbonyl (C=O) groups excluding carboxylic acids is 2. The molecule has 39 heavy (non-hydrogen) atoms. The number of amides is 1. The Morgan fingerprint density at radius 3 is 2.41 bits per heavy atom. The molecule has 0 radical (unpaired) electrons. The van der Waals surface area contributed by atoms with Crippen molar-refractivity contribution >= 4 is 23.5 Å². The van der Waals surface area contributed by atoms with E-state index in [9.17, 15) is 14.7 Å². The van der Waals surface area contributed by atoms with Crippen LogP contribution >= 0.6 is 11.6 Å². The van der Waals surface area contributed by atoms with Crippen LogP contribution in [0, 0.1) is 17.8 Å². The molecule has 10 nitrogen and oxygen atoms in total. The standard InChI is InChI=1S/C28H42ClN3O7/c1-14-12-16(30)19(22(31-5)15-8-10-32(11-9-15)26(35)39-27(2,3)4)24(33)28(14)25(34)20-17(36-6)13-18(37-7)21(29)23(20)38-28/h13-16,19,22,24,31,33H,8-12,30H2,1-7H3/t14-,16?,19?,22?,24?,28+/m1/s1.